The quantitative estimate of drug-likeness (QED) is 0.804. The van der Waals surface area contributed by atoms with Crippen molar-refractivity contribution < 1.29 is 4.79 Å². The number of carbonyl (C=O) groups excluding carboxylic acids is 1. The van der Waals surface area contributed by atoms with Crippen LogP contribution < -0.4 is 11.1 Å². The Morgan fingerprint density at radius 1 is 1.26 bits per heavy atom. The third-order valence-electron chi connectivity index (χ3n) is 3.57. The van der Waals surface area contributed by atoms with Gasteiger partial charge in [0, 0.05) is 18.2 Å². The van der Waals surface area contributed by atoms with Crippen LogP contribution in [0.1, 0.15) is 33.2 Å². The SMILES string of the molecule is CC(C)CC(CN)NC(=O)C(C)n1nnc(-c2ccccc2)n1. The molecule has 0 aliphatic carbocycles. The number of nitrogens with two attached hydrogens (primary N) is 1. The predicted octanol–water partition coefficient (Wildman–Crippen LogP) is 1.39. The summed E-state index contributed by atoms with van der Waals surface area (Å²) in [5.74, 6) is 0.814. The van der Waals surface area contributed by atoms with Crippen LogP contribution in [0.25, 0.3) is 11.4 Å². The van der Waals surface area contributed by atoms with Crippen LogP contribution >= 0.6 is 0 Å². The molecule has 7 nitrogen and oxygen atoms in total. The molecule has 0 radical (unpaired) electrons. The fraction of sp³-hybridized carbons (Fsp3) is 0.500. The van der Waals surface area contributed by atoms with Gasteiger partial charge in [0.2, 0.25) is 11.7 Å². The molecular formula is C16H24N6O. The number of tetrazole rings is 1. The minimum atomic E-state index is -0.541. The first kappa shape index (κ1) is 17.1. The number of nitrogens with one attached hydrogen (secondary N) is 1. The molecule has 2 atom stereocenters. The van der Waals surface area contributed by atoms with Crippen molar-refractivity contribution in [3.63, 3.8) is 0 Å². The Balaban J connectivity index is 2.04. The van der Waals surface area contributed by atoms with Gasteiger partial charge in [-0.2, -0.15) is 4.80 Å². The van der Waals surface area contributed by atoms with E-state index in [-0.39, 0.29) is 11.9 Å². The van der Waals surface area contributed by atoms with Gasteiger partial charge in [-0.15, -0.1) is 10.2 Å². The van der Waals surface area contributed by atoms with Crippen molar-refractivity contribution in [2.45, 2.75) is 39.3 Å². The number of benzene rings is 1. The van der Waals surface area contributed by atoms with Gasteiger partial charge in [-0.3, -0.25) is 4.79 Å². The Kier molecular flexibility index (Phi) is 5.81. The Morgan fingerprint density at radius 3 is 2.57 bits per heavy atom. The minimum absolute atomic E-state index is 0.0398. The summed E-state index contributed by atoms with van der Waals surface area (Å²) < 4.78 is 0. The molecule has 0 aliphatic rings. The lowest BCUT2D eigenvalue weighted by Gasteiger charge is -2.20. The number of rotatable bonds is 7. The number of hydrogen-bond acceptors (Lipinski definition) is 5. The summed E-state index contributed by atoms with van der Waals surface area (Å²) in [5, 5.41) is 15.3. The highest BCUT2D eigenvalue weighted by Crippen LogP contribution is 2.14. The highest BCUT2D eigenvalue weighted by molar-refractivity contribution is 5.80. The van der Waals surface area contributed by atoms with Crippen LogP contribution in [0.3, 0.4) is 0 Å². The van der Waals surface area contributed by atoms with E-state index in [4.69, 9.17) is 5.73 Å². The smallest absolute Gasteiger partial charge is 0.246 e. The molecule has 3 N–H and O–H groups in total. The average Bonchev–Trinajstić information content (AvgIpc) is 3.03. The number of carbonyl (C=O) groups is 1. The van der Waals surface area contributed by atoms with E-state index in [1.165, 1.54) is 4.80 Å². The topological polar surface area (TPSA) is 98.7 Å². The average molecular weight is 316 g/mol. The molecule has 1 aromatic heterocycles. The van der Waals surface area contributed by atoms with E-state index in [2.05, 4.69) is 34.6 Å². The number of nitrogens with zero attached hydrogens (tertiary/aromatic N) is 4. The van der Waals surface area contributed by atoms with Crippen LogP contribution in [0.2, 0.25) is 0 Å². The van der Waals surface area contributed by atoms with E-state index in [9.17, 15) is 4.79 Å². The predicted molar refractivity (Wildman–Crippen MR) is 88.4 cm³/mol. The molecule has 0 fully saturated rings. The van der Waals surface area contributed by atoms with Crippen LogP contribution in [0.5, 0.6) is 0 Å². The summed E-state index contributed by atoms with van der Waals surface area (Å²) in [4.78, 5) is 13.7. The second-order valence-electron chi connectivity index (χ2n) is 6.05. The Morgan fingerprint density at radius 2 is 1.96 bits per heavy atom. The van der Waals surface area contributed by atoms with Crippen LogP contribution in [0, 0.1) is 5.92 Å². The maximum atomic E-state index is 12.3. The molecule has 0 aliphatic heterocycles. The summed E-state index contributed by atoms with van der Waals surface area (Å²) in [6.45, 7) is 6.36. The molecule has 0 bridgehead atoms. The molecule has 1 heterocycles. The summed E-state index contributed by atoms with van der Waals surface area (Å²) in [6, 6.07) is 8.96. The second-order valence-corrected chi connectivity index (χ2v) is 6.05. The summed E-state index contributed by atoms with van der Waals surface area (Å²) >= 11 is 0. The Labute approximate surface area is 136 Å². The number of hydrogen-bond donors (Lipinski definition) is 2. The molecule has 7 heteroatoms. The highest BCUT2D eigenvalue weighted by Gasteiger charge is 2.21. The minimum Gasteiger partial charge on any atom is -0.350 e. The molecule has 0 saturated carbocycles. The monoisotopic (exact) mass is 316 g/mol. The zero-order valence-corrected chi connectivity index (χ0v) is 13.8. The van der Waals surface area contributed by atoms with Crippen molar-refractivity contribution in [2.24, 2.45) is 11.7 Å². The third-order valence-corrected chi connectivity index (χ3v) is 3.57. The lowest BCUT2D eigenvalue weighted by atomic mass is 10.0. The molecule has 2 aromatic rings. The number of amides is 1. The lowest BCUT2D eigenvalue weighted by molar-refractivity contribution is -0.125. The molecule has 2 rings (SSSR count). The van der Waals surface area contributed by atoms with Gasteiger partial charge < -0.3 is 11.1 Å². The van der Waals surface area contributed by atoms with Gasteiger partial charge in [0.15, 0.2) is 0 Å². The zero-order valence-electron chi connectivity index (χ0n) is 13.8. The molecule has 23 heavy (non-hydrogen) atoms. The van der Waals surface area contributed by atoms with Gasteiger partial charge in [0.05, 0.1) is 0 Å². The van der Waals surface area contributed by atoms with Gasteiger partial charge in [-0.1, -0.05) is 44.2 Å². The molecule has 0 spiro atoms. The van der Waals surface area contributed by atoms with E-state index < -0.39 is 6.04 Å². The molecule has 124 valence electrons. The standard InChI is InChI=1S/C16H24N6O/c1-11(2)9-14(10-17)18-16(23)12(3)22-20-15(19-21-22)13-7-5-4-6-8-13/h4-8,11-12,14H,9-10,17H2,1-3H3,(H,18,23). The van der Waals surface area contributed by atoms with Crippen molar-refractivity contribution in [1.29, 1.82) is 0 Å². The third kappa shape index (κ3) is 4.59. The van der Waals surface area contributed by atoms with Gasteiger partial charge >= 0.3 is 0 Å². The van der Waals surface area contributed by atoms with Crippen molar-refractivity contribution in [1.82, 2.24) is 25.5 Å². The van der Waals surface area contributed by atoms with E-state index in [1.54, 1.807) is 6.92 Å². The fourth-order valence-corrected chi connectivity index (χ4v) is 2.30. The van der Waals surface area contributed by atoms with E-state index in [1.807, 2.05) is 30.3 Å². The van der Waals surface area contributed by atoms with E-state index >= 15 is 0 Å². The highest BCUT2D eigenvalue weighted by atomic mass is 16.2. The van der Waals surface area contributed by atoms with E-state index in [0.29, 0.717) is 18.3 Å². The lowest BCUT2D eigenvalue weighted by Crippen LogP contribution is -2.44. The Hall–Kier alpha value is -2.28. The summed E-state index contributed by atoms with van der Waals surface area (Å²) in [7, 11) is 0. The van der Waals surface area contributed by atoms with Crippen molar-refractivity contribution in [3.8, 4) is 11.4 Å². The van der Waals surface area contributed by atoms with Crippen molar-refractivity contribution in [3.05, 3.63) is 30.3 Å². The van der Waals surface area contributed by atoms with Gasteiger partial charge in [-0.25, -0.2) is 0 Å². The summed E-state index contributed by atoms with van der Waals surface area (Å²) in [5.41, 5.74) is 6.59. The van der Waals surface area contributed by atoms with Crippen LogP contribution in [-0.2, 0) is 4.79 Å². The molecule has 0 saturated heterocycles. The first-order valence-corrected chi connectivity index (χ1v) is 7.86. The van der Waals surface area contributed by atoms with Crippen LogP contribution in [-0.4, -0.2) is 38.7 Å². The van der Waals surface area contributed by atoms with E-state index in [0.717, 1.165) is 12.0 Å². The van der Waals surface area contributed by atoms with Crippen molar-refractivity contribution in [2.75, 3.05) is 6.54 Å². The maximum absolute atomic E-state index is 12.3. The Bertz CT molecular complexity index is 625. The fourth-order valence-electron chi connectivity index (χ4n) is 2.30. The summed E-state index contributed by atoms with van der Waals surface area (Å²) in [6.07, 6.45) is 0.842. The number of aromatic nitrogens is 4. The van der Waals surface area contributed by atoms with Crippen LogP contribution in [0.4, 0.5) is 0 Å². The maximum Gasteiger partial charge on any atom is 0.246 e. The molecule has 2 unspecified atom stereocenters. The first-order valence-electron chi connectivity index (χ1n) is 7.86. The van der Waals surface area contributed by atoms with Crippen LogP contribution in [0.15, 0.2) is 30.3 Å². The second kappa shape index (κ2) is 7.82. The van der Waals surface area contributed by atoms with Gasteiger partial charge in [0.25, 0.3) is 0 Å². The van der Waals surface area contributed by atoms with Crippen molar-refractivity contribution >= 4 is 5.91 Å². The zero-order chi connectivity index (χ0) is 16.8. The first-order chi connectivity index (χ1) is 11.0. The molecule has 1 amide bonds. The normalized spacial score (nSPS) is 13.8. The van der Waals surface area contributed by atoms with Gasteiger partial charge in [0.1, 0.15) is 6.04 Å². The largest absolute Gasteiger partial charge is 0.350 e. The molecular weight excluding hydrogens is 292 g/mol. The molecule has 1 aromatic carbocycles. The van der Waals surface area contributed by atoms with Gasteiger partial charge in [-0.05, 0) is 24.5 Å².